The van der Waals surface area contributed by atoms with E-state index in [0.29, 0.717) is 11.1 Å². The number of rotatable bonds is 1. The Bertz CT molecular complexity index is 453. The van der Waals surface area contributed by atoms with Gasteiger partial charge in [-0.1, -0.05) is 0 Å². The zero-order valence-corrected chi connectivity index (χ0v) is 7.37. The fourth-order valence-electron chi connectivity index (χ4n) is 1.15. The van der Waals surface area contributed by atoms with Gasteiger partial charge >= 0.3 is 0 Å². The molecular formula is C8H6F2N2S. The van der Waals surface area contributed by atoms with Crippen molar-refractivity contribution in [1.29, 1.82) is 0 Å². The summed E-state index contributed by atoms with van der Waals surface area (Å²) < 4.78 is 30.0. The highest BCUT2D eigenvalue weighted by Gasteiger charge is 2.12. The molecule has 0 fully saturated rings. The molecule has 0 aliphatic heterocycles. The van der Waals surface area contributed by atoms with Crippen LogP contribution in [-0.4, -0.2) is 4.37 Å². The lowest BCUT2D eigenvalue weighted by atomic mass is 10.2. The molecule has 0 unspecified atom stereocenters. The van der Waals surface area contributed by atoms with Crippen LogP contribution in [0.15, 0.2) is 12.1 Å². The van der Waals surface area contributed by atoms with E-state index in [9.17, 15) is 8.78 Å². The Morgan fingerprint density at radius 1 is 1.38 bits per heavy atom. The van der Waals surface area contributed by atoms with Crippen molar-refractivity contribution in [3.63, 3.8) is 0 Å². The van der Waals surface area contributed by atoms with Crippen molar-refractivity contribution in [2.24, 2.45) is 5.73 Å². The average Bonchev–Trinajstić information content (AvgIpc) is 2.55. The van der Waals surface area contributed by atoms with Gasteiger partial charge in [-0.25, -0.2) is 8.78 Å². The molecule has 13 heavy (non-hydrogen) atoms. The van der Waals surface area contributed by atoms with Gasteiger partial charge in [0.1, 0.15) is 0 Å². The molecule has 0 bridgehead atoms. The Balaban J connectivity index is 2.81. The van der Waals surface area contributed by atoms with E-state index >= 15 is 0 Å². The minimum absolute atomic E-state index is 0.237. The molecule has 5 heteroatoms. The smallest absolute Gasteiger partial charge is 0.178 e. The highest BCUT2D eigenvalue weighted by molar-refractivity contribution is 7.13. The van der Waals surface area contributed by atoms with Crippen molar-refractivity contribution in [3.8, 4) is 0 Å². The van der Waals surface area contributed by atoms with E-state index in [0.717, 1.165) is 17.6 Å². The summed E-state index contributed by atoms with van der Waals surface area (Å²) in [5.74, 6) is -1.69. The number of aromatic nitrogens is 1. The Kier molecular flexibility index (Phi) is 1.97. The first-order valence-corrected chi connectivity index (χ1v) is 4.43. The van der Waals surface area contributed by atoms with E-state index in [4.69, 9.17) is 5.73 Å². The summed E-state index contributed by atoms with van der Waals surface area (Å²) >= 11 is 0.934. The molecule has 0 aliphatic carbocycles. The molecule has 0 atom stereocenters. The molecule has 0 radical (unpaired) electrons. The van der Waals surface area contributed by atoms with Crippen LogP contribution in [0, 0.1) is 11.6 Å². The van der Waals surface area contributed by atoms with Crippen molar-refractivity contribution >= 4 is 21.6 Å². The predicted octanol–water partition coefficient (Wildman–Crippen LogP) is 2.03. The summed E-state index contributed by atoms with van der Waals surface area (Å²) in [5.41, 5.74) is 5.99. The van der Waals surface area contributed by atoms with Gasteiger partial charge in [-0.2, -0.15) is 4.37 Å². The van der Waals surface area contributed by atoms with Crippen LogP contribution in [0.1, 0.15) is 5.69 Å². The van der Waals surface area contributed by atoms with E-state index < -0.39 is 11.6 Å². The molecular weight excluding hydrogens is 194 g/mol. The lowest BCUT2D eigenvalue weighted by molar-refractivity contribution is 0.518. The molecule has 1 aromatic heterocycles. The van der Waals surface area contributed by atoms with Crippen LogP contribution in [0.2, 0.25) is 0 Å². The second-order valence-electron chi connectivity index (χ2n) is 2.57. The summed E-state index contributed by atoms with van der Waals surface area (Å²) in [5, 5.41) is 0.603. The van der Waals surface area contributed by atoms with Gasteiger partial charge in [0.2, 0.25) is 0 Å². The highest BCUT2D eigenvalue weighted by atomic mass is 32.1. The Labute approximate surface area is 77.2 Å². The maximum atomic E-state index is 13.1. The standard InChI is InChI=1S/C8H6F2N2S/c9-5-2-1-4-6(3-11)12-13-8(4)7(5)10/h1-2H,3,11H2. The first kappa shape index (κ1) is 8.52. The third kappa shape index (κ3) is 1.20. The van der Waals surface area contributed by atoms with Gasteiger partial charge in [0.15, 0.2) is 11.6 Å². The predicted molar refractivity (Wildman–Crippen MR) is 47.4 cm³/mol. The van der Waals surface area contributed by atoms with E-state index in [1.54, 1.807) is 0 Å². The third-order valence-corrected chi connectivity index (χ3v) is 2.69. The normalized spacial score (nSPS) is 11.0. The molecule has 0 saturated carbocycles. The van der Waals surface area contributed by atoms with E-state index in [1.807, 2.05) is 0 Å². The first-order valence-electron chi connectivity index (χ1n) is 3.66. The quantitative estimate of drug-likeness (QED) is 0.765. The lowest BCUT2D eigenvalue weighted by Gasteiger charge is -1.94. The van der Waals surface area contributed by atoms with Crippen LogP contribution in [0.4, 0.5) is 8.78 Å². The van der Waals surface area contributed by atoms with Crippen molar-refractivity contribution in [3.05, 3.63) is 29.5 Å². The van der Waals surface area contributed by atoms with Gasteiger partial charge in [-0.15, -0.1) is 0 Å². The molecule has 2 nitrogen and oxygen atoms in total. The van der Waals surface area contributed by atoms with Crippen LogP contribution >= 0.6 is 11.5 Å². The zero-order chi connectivity index (χ0) is 9.42. The summed E-state index contributed by atoms with van der Waals surface area (Å²) in [4.78, 5) is 0. The van der Waals surface area contributed by atoms with Gasteiger partial charge < -0.3 is 5.73 Å². The number of halogens is 2. The van der Waals surface area contributed by atoms with Crippen molar-refractivity contribution in [1.82, 2.24) is 4.37 Å². The lowest BCUT2D eigenvalue weighted by Crippen LogP contribution is -1.96. The molecule has 0 spiro atoms. The molecule has 0 aliphatic rings. The maximum absolute atomic E-state index is 13.1. The van der Waals surface area contributed by atoms with Crippen molar-refractivity contribution in [2.45, 2.75) is 6.54 Å². The summed E-state index contributed by atoms with van der Waals surface area (Å²) in [7, 11) is 0. The molecule has 0 saturated heterocycles. The summed E-state index contributed by atoms with van der Waals surface area (Å²) in [6.45, 7) is 0.241. The molecule has 0 amide bonds. The summed E-state index contributed by atoms with van der Waals surface area (Å²) in [6, 6.07) is 2.59. The number of hydrogen-bond donors (Lipinski definition) is 1. The van der Waals surface area contributed by atoms with E-state index in [1.165, 1.54) is 6.07 Å². The van der Waals surface area contributed by atoms with Crippen LogP contribution in [-0.2, 0) is 6.54 Å². The Morgan fingerprint density at radius 2 is 2.15 bits per heavy atom. The monoisotopic (exact) mass is 200 g/mol. The number of nitrogens with two attached hydrogens (primary N) is 1. The maximum Gasteiger partial charge on any atom is 0.178 e. The number of nitrogens with zero attached hydrogens (tertiary/aromatic N) is 1. The average molecular weight is 200 g/mol. The van der Waals surface area contributed by atoms with Crippen molar-refractivity contribution in [2.75, 3.05) is 0 Å². The summed E-state index contributed by atoms with van der Waals surface area (Å²) in [6.07, 6.45) is 0. The van der Waals surface area contributed by atoms with Gasteiger partial charge in [-0.05, 0) is 23.7 Å². The number of hydrogen-bond acceptors (Lipinski definition) is 3. The van der Waals surface area contributed by atoms with Crippen molar-refractivity contribution < 1.29 is 8.78 Å². The van der Waals surface area contributed by atoms with Crippen LogP contribution in [0.5, 0.6) is 0 Å². The van der Waals surface area contributed by atoms with Crippen LogP contribution in [0.25, 0.3) is 10.1 Å². The van der Waals surface area contributed by atoms with Crippen LogP contribution < -0.4 is 5.73 Å². The van der Waals surface area contributed by atoms with Crippen LogP contribution in [0.3, 0.4) is 0 Å². The minimum Gasteiger partial charge on any atom is -0.325 e. The number of benzene rings is 1. The minimum atomic E-state index is -0.847. The zero-order valence-electron chi connectivity index (χ0n) is 6.55. The van der Waals surface area contributed by atoms with Gasteiger partial charge in [-0.3, -0.25) is 0 Å². The fraction of sp³-hybridized carbons (Fsp3) is 0.125. The molecule has 2 aromatic rings. The van der Waals surface area contributed by atoms with Gasteiger partial charge in [0.05, 0.1) is 10.4 Å². The first-order chi connectivity index (χ1) is 6.24. The third-order valence-electron chi connectivity index (χ3n) is 1.80. The molecule has 1 aromatic carbocycles. The SMILES string of the molecule is NCc1nsc2c(F)c(F)ccc12. The molecule has 2 rings (SSSR count). The second-order valence-corrected chi connectivity index (χ2v) is 3.34. The highest BCUT2D eigenvalue weighted by Crippen LogP contribution is 2.26. The molecule has 1 heterocycles. The van der Waals surface area contributed by atoms with Gasteiger partial charge in [0.25, 0.3) is 0 Å². The topological polar surface area (TPSA) is 38.9 Å². The molecule has 2 N–H and O–H groups in total. The fourth-order valence-corrected chi connectivity index (χ4v) is 1.98. The van der Waals surface area contributed by atoms with Gasteiger partial charge in [0, 0.05) is 11.9 Å². The Morgan fingerprint density at radius 3 is 2.85 bits per heavy atom. The largest absolute Gasteiger partial charge is 0.325 e. The number of fused-ring (bicyclic) bond motifs is 1. The van der Waals surface area contributed by atoms with E-state index in [-0.39, 0.29) is 11.2 Å². The second kappa shape index (κ2) is 3.01. The molecule has 68 valence electrons. The van der Waals surface area contributed by atoms with E-state index in [2.05, 4.69) is 4.37 Å². The Hall–Kier alpha value is -1.07.